The van der Waals surface area contributed by atoms with Crippen molar-refractivity contribution in [3.8, 4) is 12.1 Å². The number of nitrogens with one attached hydrogen (secondary N) is 1. The van der Waals surface area contributed by atoms with Crippen LogP contribution in [-0.2, 0) is 19.9 Å². The Morgan fingerprint density at radius 3 is 2.26 bits per heavy atom. The summed E-state index contributed by atoms with van der Waals surface area (Å²) in [5.41, 5.74) is 3.56. The molecule has 10 nitrogen and oxygen atoms in total. The minimum atomic E-state index is -2.24. The van der Waals surface area contributed by atoms with Gasteiger partial charge in [0.25, 0.3) is 0 Å². The number of nitrogens with two attached hydrogens (primary N) is 1. The molecule has 0 radical (unpaired) electrons. The summed E-state index contributed by atoms with van der Waals surface area (Å²) in [5, 5.41) is 31.5. The second-order valence-corrected chi connectivity index (χ2v) is 8.32. The van der Waals surface area contributed by atoms with Crippen molar-refractivity contribution >= 4 is 28.9 Å². The number of hydrogen-bond donors (Lipinski definition) is 2. The molecule has 3 N–H and O–H groups in total. The van der Waals surface area contributed by atoms with E-state index >= 15 is 0 Å². The quantitative estimate of drug-likeness (QED) is 0.432. The van der Waals surface area contributed by atoms with Crippen LogP contribution in [-0.4, -0.2) is 29.1 Å². The fourth-order valence-corrected chi connectivity index (χ4v) is 4.87. The summed E-state index contributed by atoms with van der Waals surface area (Å²) < 4.78 is 0. The number of aryl methyl sites for hydroxylation is 1. The summed E-state index contributed by atoms with van der Waals surface area (Å²) in [6, 6.07) is 9.54. The zero-order chi connectivity index (χ0) is 22.8. The number of aliphatic imine (C=N–C) groups is 1. The Morgan fingerprint density at radius 2 is 1.74 bits per heavy atom. The van der Waals surface area contributed by atoms with Gasteiger partial charge in [0, 0.05) is 5.69 Å². The van der Waals surface area contributed by atoms with Crippen molar-refractivity contribution in [3.05, 3.63) is 29.3 Å². The van der Waals surface area contributed by atoms with Crippen molar-refractivity contribution in [1.82, 2.24) is 0 Å². The van der Waals surface area contributed by atoms with E-state index in [0.717, 1.165) is 5.56 Å². The van der Waals surface area contributed by atoms with Crippen LogP contribution in [0.1, 0.15) is 38.8 Å². The lowest BCUT2D eigenvalue weighted by Crippen LogP contribution is -2.47. The molecule has 3 atom stereocenters. The van der Waals surface area contributed by atoms with Gasteiger partial charge in [0.05, 0.1) is 23.6 Å². The molecule has 0 aromatic heterocycles. The van der Waals surface area contributed by atoms with Crippen LogP contribution in [0.25, 0.3) is 0 Å². The second-order valence-electron chi connectivity index (χ2n) is 8.32. The Morgan fingerprint density at radius 1 is 1.13 bits per heavy atom. The highest BCUT2D eigenvalue weighted by Crippen LogP contribution is 2.87. The molecule has 1 aliphatic carbocycles. The fraction of sp³-hybridized carbons (Fsp3) is 0.429. The number of oxime groups is 2. The van der Waals surface area contributed by atoms with Crippen LogP contribution in [0.5, 0.6) is 0 Å². The van der Waals surface area contributed by atoms with E-state index in [-0.39, 0.29) is 5.84 Å². The molecule has 0 bridgehead atoms. The molecule has 1 aromatic rings. The average Bonchev–Trinajstić information content (AvgIpc) is 3.08. The van der Waals surface area contributed by atoms with Gasteiger partial charge in [0.2, 0.25) is 11.3 Å². The first kappa shape index (κ1) is 20.4. The third kappa shape index (κ3) is 1.95. The van der Waals surface area contributed by atoms with Crippen molar-refractivity contribution in [3.63, 3.8) is 0 Å². The normalized spacial score (nSPS) is 30.7. The molecule has 0 unspecified atom stereocenters. The maximum Gasteiger partial charge on any atom is 0.422 e. The molecule has 0 saturated heterocycles. The molecule has 2 aliphatic heterocycles. The Labute approximate surface area is 179 Å². The summed E-state index contributed by atoms with van der Waals surface area (Å²) in [6.07, 6.45) is 0. The first-order valence-electron chi connectivity index (χ1n) is 9.60. The number of anilines is 1. The number of fused-ring (bicyclic) bond motifs is 5. The zero-order valence-electron chi connectivity index (χ0n) is 17.8. The Kier molecular flexibility index (Phi) is 3.97. The number of hydrogen-bond acceptors (Lipinski definition) is 9. The maximum atomic E-state index is 13.5. The zero-order valence-corrected chi connectivity index (χ0v) is 17.8. The molecular weight excluding hydrogens is 398 g/mol. The minimum absolute atomic E-state index is 0.242. The van der Waals surface area contributed by atoms with Gasteiger partial charge in [0.15, 0.2) is 5.41 Å². The summed E-state index contributed by atoms with van der Waals surface area (Å²) in [4.78, 5) is 29.0. The highest BCUT2D eigenvalue weighted by molar-refractivity contribution is 6.20. The van der Waals surface area contributed by atoms with Crippen LogP contribution in [0.4, 0.5) is 5.69 Å². The number of nitrogens with zero attached hydrogens (tertiary/aromatic N) is 5. The van der Waals surface area contributed by atoms with Crippen molar-refractivity contribution < 1.29 is 14.5 Å². The van der Waals surface area contributed by atoms with E-state index in [1.165, 1.54) is 0 Å². The van der Waals surface area contributed by atoms with Crippen molar-refractivity contribution in [2.24, 2.45) is 31.9 Å². The van der Waals surface area contributed by atoms with Crippen LogP contribution in [0.15, 0.2) is 33.5 Å². The molecule has 3 aliphatic rings. The van der Waals surface area contributed by atoms with E-state index in [1.807, 2.05) is 13.0 Å². The van der Waals surface area contributed by atoms with Gasteiger partial charge >= 0.3 is 5.91 Å². The number of amidine groups is 1. The van der Waals surface area contributed by atoms with Gasteiger partial charge in [-0.1, -0.05) is 28.0 Å². The van der Waals surface area contributed by atoms with Gasteiger partial charge in [0.1, 0.15) is 11.3 Å². The van der Waals surface area contributed by atoms with E-state index in [4.69, 9.17) is 15.4 Å². The number of carbonyl (C=O) groups is 1. The Hall–Kier alpha value is -3.92. The van der Waals surface area contributed by atoms with Gasteiger partial charge in [-0.3, -0.25) is 4.79 Å². The molecule has 2 heterocycles. The molecule has 4 rings (SSSR count). The molecule has 10 heteroatoms. The van der Waals surface area contributed by atoms with Crippen molar-refractivity contribution in [2.75, 3.05) is 5.32 Å². The van der Waals surface area contributed by atoms with E-state index in [2.05, 4.69) is 32.8 Å². The van der Waals surface area contributed by atoms with E-state index in [9.17, 15) is 15.3 Å². The van der Waals surface area contributed by atoms with E-state index < -0.39 is 28.1 Å². The third-order valence-corrected chi connectivity index (χ3v) is 5.96. The SMILES string of the molecule is CC(C)=NOC1(ON=C(C)C)N=C(N)[C@]2(C#N)[C@@]3(C(=O)Nc4ccc(C)cc43)[C@@]12C#N. The Bertz CT molecular complexity index is 1180. The van der Waals surface area contributed by atoms with Crippen LogP contribution in [0, 0.1) is 40.4 Å². The van der Waals surface area contributed by atoms with Gasteiger partial charge in [-0.05, 0) is 46.2 Å². The maximum absolute atomic E-state index is 13.5. The lowest BCUT2D eigenvalue weighted by Gasteiger charge is -2.29. The molecular formula is C21H21N7O3. The molecule has 1 fully saturated rings. The van der Waals surface area contributed by atoms with E-state index in [0.29, 0.717) is 22.7 Å². The lowest BCUT2D eigenvalue weighted by atomic mass is 9.83. The van der Waals surface area contributed by atoms with Crippen LogP contribution in [0.3, 0.4) is 0 Å². The highest BCUT2D eigenvalue weighted by Gasteiger charge is 3.07. The molecule has 1 saturated carbocycles. The van der Waals surface area contributed by atoms with E-state index in [1.54, 1.807) is 39.8 Å². The monoisotopic (exact) mass is 419 g/mol. The topological polar surface area (TPSA) is 158 Å². The fourth-order valence-electron chi connectivity index (χ4n) is 4.87. The van der Waals surface area contributed by atoms with Gasteiger partial charge in [-0.15, -0.1) is 0 Å². The summed E-state index contributed by atoms with van der Waals surface area (Å²) in [7, 11) is 0. The number of carbonyl (C=O) groups excluding carboxylic acids is 1. The highest BCUT2D eigenvalue weighted by atomic mass is 16.8. The largest absolute Gasteiger partial charge is 0.422 e. The summed E-state index contributed by atoms with van der Waals surface area (Å²) >= 11 is 0. The average molecular weight is 419 g/mol. The van der Waals surface area contributed by atoms with Gasteiger partial charge in [-0.2, -0.15) is 15.5 Å². The number of benzene rings is 1. The van der Waals surface area contributed by atoms with Crippen molar-refractivity contribution in [2.45, 2.75) is 45.9 Å². The molecule has 158 valence electrons. The van der Waals surface area contributed by atoms with Gasteiger partial charge < -0.3 is 20.7 Å². The predicted molar refractivity (Wildman–Crippen MR) is 112 cm³/mol. The summed E-state index contributed by atoms with van der Waals surface area (Å²) in [5.74, 6) is -3.03. The van der Waals surface area contributed by atoms with Gasteiger partial charge in [-0.25, -0.2) is 0 Å². The first-order valence-corrected chi connectivity index (χ1v) is 9.60. The molecule has 1 aromatic carbocycles. The molecule has 1 spiro atoms. The third-order valence-electron chi connectivity index (χ3n) is 5.96. The predicted octanol–water partition coefficient (Wildman–Crippen LogP) is 2.07. The standard InChI is InChI=1S/C21H21N7O3/c1-11(2)27-30-21(31-28-12(3)4)19(10-23)18(9-22,16(24)26-21)20(19)14-8-13(5)6-7-15(14)25-17(20)29/h6-8H,1-5H3,(H2,24,26)(H,25,29)/t18-,19-,20+/m0/s1. The first-order chi connectivity index (χ1) is 14.6. The molecule has 1 amide bonds. The second kappa shape index (κ2) is 6.05. The number of nitriles is 2. The Balaban J connectivity index is 2.08. The smallest absolute Gasteiger partial charge is 0.386 e. The number of rotatable bonds is 4. The van der Waals surface area contributed by atoms with Crippen LogP contribution < -0.4 is 11.1 Å². The summed E-state index contributed by atoms with van der Waals surface area (Å²) in [6.45, 7) is 8.53. The van der Waals surface area contributed by atoms with Crippen LogP contribution in [0.2, 0.25) is 0 Å². The van der Waals surface area contributed by atoms with Crippen molar-refractivity contribution in [1.29, 1.82) is 10.5 Å². The van der Waals surface area contributed by atoms with Crippen LogP contribution >= 0.6 is 0 Å². The minimum Gasteiger partial charge on any atom is -0.386 e. The lowest BCUT2D eigenvalue weighted by molar-refractivity contribution is -0.263. The molecule has 31 heavy (non-hydrogen) atoms. The number of amides is 1.